The first kappa shape index (κ1) is 14.5. The number of hydrogen-bond donors (Lipinski definition) is 1. The van der Waals surface area contributed by atoms with Gasteiger partial charge in [-0.2, -0.15) is 0 Å². The summed E-state index contributed by atoms with van der Waals surface area (Å²) in [6.45, 7) is 1.25. The van der Waals surface area contributed by atoms with Crippen molar-refractivity contribution in [3.63, 3.8) is 0 Å². The summed E-state index contributed by atoms with van der Waals surface area (Å²) in [4.78, 5) is 0. The van der Waals surface area contributed by atoms with Crippen molar-refractivity contribution < 1.29 is 22.0 Å². The molecule has 2 N–H and O–H groups in total. The van der Waals surface area contributed by atoms with Crippen molar-refractivity contribution in [2.75, 3.05) is 0 Å². The Bertz CT molecular complexity index is 647. The Morgan fingerprint density at radius 3 is 1.95 bits per heavy atom. The van der Waals surface area contributed by atoms with E-state index in [4.69, 9.17) is 5.73 Å². The van der Waals surface area contributed by atoms with Gasteiger partial charge in [0.1, 0.15) is 11.6 Å². The molecule has 0 radical (unpaired) electrons. The predicted octanol–water partition coefficient (Wildman–Crippen LogP) is 3.60. The van der Waals surface area contributed by atoms with Gasteiger partial charge >= 0.3 is 0 Å². The minimum Gasteiger partial charge on any atom is -0.318 e. The van der Waals surface area contributed by atoms with Crippen LogP contribution in [0, 0.1) is 29.1 Å². The standard InChI is InChI=1S/C14H10F5N/c1-14(20,7-4-8(15)6-9(16)5-7)10-2-3-11(17)13(19)12(10)18/h2-6H,20H2,1H3. The minimum absolute atomic E-state index is 0.0973. The summed E-state index contributed by atoms with van der Waals surface area (Å²) in [6.07, 6.45) is 0. The van der Waals surface area contributed by atoms with Crippen molar-refractivity contribution in [2.45, 2.75) is 12.5 Å². The van der Waals surface area contributed by atoms with E-state index < -0.39 is 40.2 Å². The van der Waals surface area contributed by atoms with Crippen molar-refractivity contribution in [1.82, 2.24) is 0 Å². The number of hydrogen-bond acceptors (Lipinski definition) is 1. The highest BCUT2D eigenvalue weighted by atomic mass is 19.2. The molecule has 106 valence electrons. The second-order valence-corrected chi connectivity index (χ2v) is 4.58. The zero-order valence-electron chi connectivity index (χ0n) is 10.4. The summed E-state index contributed by atoms with van der Waals surface area (Å²) in [5, 5.41) is 0. The van der Waals surface area contributed by atoms with Gasteiger partial charge in [0.25, 0.3) is 0 Å². The van der Waals surface area contributed by atoms with Crippen LogP contribution in [-0.2, 0) is 5.54 Å². The summed E-state index contributed by atoms with van der Waals surface area (Å²) >= 11 is 0. The van der Waals surface area contributed by atoms with Crippen LogP contribution in [-0.4, -0.2) is 0 Å². The third kappa shape index (κ3) is 2.38. The maximum absolute atomic E-state index is 13.8. The lowest BCUT2D eigenvalue weighted by Gasteiger charge is -2.26. The number of rotatable bonds is 2. The van der Waals surface area contributed by atoms with E-state index in [1.165, 1.54) is 6.92 Å². The maximum atomic E-state index is 13.8. The molecule has 0 fully saturated rings. The summed E-state index contributed by atoms with van der Waals surface area (Å²) in [5.41, 5.74) is 3.64. The Morgan fingerprint density at radius 2 is 1.40 bits per heavy atom. The Labute approximate surface area is 111 Å². The Balaban J connectivity index is 2.63. The van der Waals surface area contributed by atoms with E-state index in [1.807, 2.05) is 0 Å². The molecule has 0 amide bonds. The van der Waals surface area contributed by atoms with E-state index in [0.29, 0.717) is 12.1 Å². The third-order valence-electron chi connectivity index (χ3n) is 3.06. The van der Waals surface area contributed by atoms with Gasteiger partial charge in [0.2, 0.25) is 0 Å². The average molecular weight is 287 g/mol. The molecular weight excluding hydrogens is 277 g/mol. The molecule has 2 aromatic carbocycles. The SMILES string of the molecule is CC(N)(c1cc(F)cc(F)c1)c1ccc(F)c(F)c1F. The fraction of sp³-hybridized carbons (Fsp3) is 0.143. The van der Waals surface area contributed by atoms with Crippen LogP contribution >= 0.6 is 0 Å². The fourth-order valence-electron chi connectivity index (χ4n) is 1.94. The van der Waals surface area contributed by atoms with Crippen LogP contribution in [0.2, 0.25) is 0 Å². The molecule has 0 saturated heterocycles. The van der Waals surface area contributed by atoms with Crippen LogP contribution in [0.4, 0.5) is 22.0 Å². The first-order valence-electron chi connectivity index (χ1n) is 5.63. The molecule has 20 heavy (non-hydrogen) atoms. The molecule has 0 aliphatic heterocycles. The molecule has 0 aromatic heterocycles. The van der Waals surface area contributed by atoms with Crippen molar-refractivity contribution in [3.8, 4) is 0 Å². The summed E-state index contributed by atoms with van der Waals surface area (Å²) in [5.74, 6) is -6.34. The van der Waals surface area contributed by atoms with Crippen LogP contribution in [0.15, 0.2) is 30.3 Å². The first-order valence-corrected chi connectivity index (χ1v) is 5.63. The van der Waals surface area contributed by atoms with Crippen LogP contribution in [0.25, 0.3) is 0 Å². The summed E-state index contributed by atoms with van der Waals surface area (Å²) in [7, 11) is 0. The van der Waals surface area contributed by atoms with Gasteiger partial charge in [0.05, 0.1) is 5.54 Å². The van der Waals surface area contributed by atoms with Gasteiger partial charge in [-0.1, -0.05) is 6.07 Å². The van der Waals surface area contributed by atoms with Crippen molar-refractivity contribution >= 4 is 0 Å². The van der Waals surface area contributed by atoms with E-state index in [-0.39, 0.29) is 5.56 Å². The van der Waals surface area contributed by atoms with E-state index in [1.54, 1.807) is 0 Å². The molecule has 2 aromatic rings. The fourth-order valence-corrected chi connectivity index (χ4v) is 1.94. The van der Waals surface area contributed by atoms with Gasteiger partial charge in [-0.05, 0) is 30.7 Å². The zero-order valence-corrected chi connectivity index (χ0v) is 10.4. The number of halogens is 5. The lowest BCUT2D eigenvalue weighted by atomic mass is 9.85. The predicted molar refractivity (Wildman–Crippen MR) is 63.3 cm³/mol. The first-order chi connectivity index (χ1) is 9.23. The second kappa shape index (κ2) is 4.86. The molecule has 0 aliphatic rings. The largest absolute Gasteiger partial charge is 0.318 e. The lowest BCUT2D eigenvalue weighted by molar-refractivity contribution is 0.424. The Morgan fingerprint density at radius 1 is 0.850 bits per heavy atom. The minimum atomic E-state index is -1.72. The van der Waals surface area contributed by atoms with E-state index in [2.05, 4.69) is 0 Å². The molecule has 0 bridgehead atoms. The highest BCUT2D eigenvalue weighted by molar-refractivity contribution is 5.38. The molecule has 1 nitrogen and oxygen atoms in total. The molecule has 0 heterocycles. The highest BCUT2D eigenvalue weighted by Gasteiger charge is 2.30. The van der Waals surface area contributed by atoms with Crippen molar-refractivity contribution in [2.24, 2.45) is 5.73 Å². The molecule has 0 saturated carbocycles. The van der Waals surface area contributed by atoms with Gasteiger partial charge in [-0.3, -0.25) is 0 Å². The van der Waals surface area contributed by atoms with Crippen molar-refractivity contribution in [3.05, 3.63) is 70.5 Å². The van der Waals surface area contributed by atoms with Gasteiger partial charge in [-0.25, -0.2) is 22.0 Å². The quantitative estimate of drug-likeness (QED) is 0.663. The number of nitrogens with two attached hydrogens (primary N) is 1. The summed E-state index contributed by atoms with van der Waals surface area (Å²) < 4.78 is 66.3. The molecular formula is C14H10F5N. The van der Waals surface area contributed by atoms with Crippen molar-refractivity contribution in [1.29, 1.82) is 0 Å². The second-order valence-electron chi connectivity index (χ2n) is 4.58. The van der Waals surface area contributed by atoms with Crippen LogP contribution in [0.1, 0.15) is 18.1 Å². The zero-order chi connectivity index (χ0) is 15.1. The van der Waals surface area contributed by atoms with E-state index >= 15 is 0 Å². The molecule has 6 heteroatoms. The van der Waals surface area contributed by atoms with Gasteiger partial charge < -0.3 is 5.73 Å². The topological polar surface area (TPSA) is 26.0 Å². The monoisotopic (exact) mass is 287 g/mol. The normalized spacial score (nSPS) is 14.2. The highest BCUT2D eigenvalue weighted by Crippen LogP contribution is 2.31. The van der Waals surface area contributed by atoms with Gasteiger partial charge in [0.15, 0.2) is 17.5 Å². The lowest BCUT2D eigenvalue weighted by Crippen LogP contribution is -2.36. The molecule has 0 spiro atoms. The average Bonchev–Trinajstić information content (AvgIpc) is 2.34. The van der Waals surface area contributed by atoms with Gasteiger partial charge in [-0.15, -0.1) is 0 Å². The molecule has 1 unspecified atom stereocenters. The molecule has 1 atom stereocenters. The Hall–Kier alpha value is -1.95. The van der Waals surface area contributed by atoms with Crippen LogP contribution in [0.5, 0.6) is 0 Å². The van der Waals surface area contributed by atoms with Crippen LogP contribution < -0.4 is 5.73 Å². The Kier molecular flexibility index (Phi) is 3.52. The summed E-state index contributed by atoms with van der Waals surface area (Å²) in [6, 6.07) is 4.08. The smallest absolute Gasteiger partial charge is 0.194 e. The van der Waals surface area contributed by atoms with E-state index in [9.17, 15) is 22.0 Å². The third-order valence-corrected chi connectivity index (χ3v) is 3.06. The van der Waals surface area contributed by atoms with Gasteiger partial charge in [0, 0.05) is 11.6 Å². The van der Waals surface area contributed by atoms with Crippen LogP contribution in [0.3, 0.4) is 0 Å². The number of benzene rings is 2. The molecule has 2 rings (SSSR count). The molecule has 0 aliphatic carbocycles. The van der Waals surface area contributed by atoms with E-state index in [0.717, 1.165) is 18.2 Å². The maximum Gasteiger partial charge on any atom is 0.194 e.